The summed E-state index contributed by atoms with van der Waals surface area (Å²) in [6, 6.07) is 12.5. The lowest BCUT2D eigenvalue weighted by Crippen LogP contribution is -2.49. The van der Waals surface area contributed by atoms with Gasteiger partial charge in [0.05, 0.1) is 24.5 Å². The van der Waals surface area contributed by atoms with Crippen molar-refractivity contribution in [2.24, 2.45) is 5.73 Å². The molecule has 0 aliphatic carbocycles. The lowest BCUT2D eigenvalue weighted by Gasteiger charge is -2.36. The second-order valence-electron chi connectivity index (χ2n) is 9.61. The number of benzene rings is 2. The Morgan fingerprint density at radius 1 is 1.13 bits per heavy atom. The molecular formula is C29H34FN5O4. The molecule has 0 aromatic heterocycles. The summed E-state index contributed by atoms with van der Waals surface area (Å²) in [7, 11) is 0. The molecule has 9 nitrogen and oxygen atoms in total. The van der Waals surface area contributed by atoms with Gasteiger partial charge in [-0.05, 0) is 42.3 Å². The number of amides is 3. The maximum Gasteiger partial charge on any atom is 0.414 e. The highest BCUT2D eigenvalue weighted by atomic mass is 19.1. The van der Waals surface area contributed by atoms with Crippen molar-refractivity contribution < 1.29 is 23.5 Å². The third kappa shape index (κ3) is 7.48. The fourth-order valence-corrected chi connectivity index (χ4v) is 4.59. The second kappa shape index (κ2) is 13.1. The molecule has 0 bridgehead atoms. The molecule has 2 fully saturated rings. The number of carbonyl (C=O) groups is 3. The van der Waals surface area contributed by atoms with Crippen molar-refractivity contribution in [3.8, 4) is 11.8 Å². The predicted octanol–water partition coefficient (Wildman–Crippen LogP) is 2.62. The van der Waals surface area contributed by atoms with Gasteiger partial charge in [-0.2, -0.15) is 0 Å². The first kappa shape index (κ1) is 27.9. The SMILES string of the molecule is CC(=O)NCC1CN(c2ccc(N3CCN(C(=O)CCCC#Cc4ccc(CN)cc4)CC3)c(F)c2)C(=O)O1. The molecule has 2 heterocycles. The van der Waals surface area contributed by atoms with Crippen LogP contribution >= 0.6 is 0 Å². The van der Waals surface area contributed by atoms with Crippen LogP contribution in [0, 0.1) is 17.7 Å². The smallest absolute Gasteiger partial charge is 0.414 e. The summed E-state index contributed by atoms with van der Waals surface area (Å²) in [6.07, 6.45) is 0.694. The van der Waals surface area contributed by atoms with E-state index < -0.39 is 18.0 Å². The first-order chi connectivity index (χ1) is 18.8. The standard InChI is InChI=1S/C29H34FN5O4/c1-21(36)32-19-25-20-35(29(38)39-25)24-11-12-27(26(30)17-24)33-13-15-34(16-14-33)28(37)6-4-2-3-5-22-7-9-23(18-31)10-8-22/h7-12,17,25H,2,4,6,13-16,18-20,31H2,1H3,(H,32,36). The molecule has 0 saturated carbocycles. The van der Waals surface area contributed by atoms with E-state index in [1.807, 2.05) is 34.1 Å². The van der Waals surface area contributed by atoms with E-state index in [9.17, 15) is 14.4 Å². The van der Waals surface area contributed by atoms with Crippen LogP contribution in [0.2, 0.25) is 0 Å². The van der Waals surface area contributed by atoms with Crippen molar-refractivity contribution in [2.45, 2.75) is 38.8 Å². The number of hydrogen-bond donors (Lipinski definition) is 2. The fraction of sp³-hybridized carbons (Fsp3) is 0.414. The van der Waals surface area contributed by atoms with E-state index >= 15 is 4.39 Å². The number of ether oxygens (including phenoxy) is 1. The maximum absolute atomic E-state index is 15.0. The van der Waals surface area contributed by atoms with Gasteiger partial charge in [0.15, 0.2) is 0 Å². The lowest BCUT2D eigenvalue weighted by atomic mass is 10.1. The number of hydrogen-bond acceptors (Lipinski definition) is 6. The summed E-state index contributed by atoms with van der Waals surface area (Å²) in [6.45, 7) is 4.40. The minimum Gasteiger partial charge on any atom is -0.442 e. The van der Waals surface area contributed by atoms with Crippen LogP contribution in [0.1, 0.15) is 37.3 Å². The van der Waals surface area contributed by atoms with E-state index in [1.165, 1.54) is 17.9 Å². The molecule has 1 atom stereocenters. The molecule has 3 N–H and O–H groups in total. The number of unbranched alkanes of at least 4 members (excludes halogenated alkanes) is 1. The summed E-state index contributed by atoms with van der Waals surface area (Å²) >= 11 is 0. The van der Waals surface area contributed by atoms with E-state index in [-0.39, 0.29) is 24.9 Å². The van der Waals surface area contributed by atoms with Crippen molar-refractivity contribution in [1.29, 1.82) is 0 Å². The van der Waals surface area contributed by atoms with Crippen LogP contribution < -0.4 is 20.9 Å². The van der Waals surface area contributed by atoms with Crippen molar-refractivity contribution in [1.82, 2.24) is 10.2 Å². The van der Waals surface area contributed by atoms with E-state index in [0.717, 1.165) is 11.1 Å². The molecule has 39 heavy (non-hydrogen) atoms. The Morgan fingerprint density at radius 2 is 1.87 bits per heavy atom. The van der Waals surface area contributed by atoms with Crippen LogP contribution in [0.5, 0.6) is 0 Å². The maximum atomic E-state index is 15.0. The number of piperazine rings is 1. The number of cyclic esters (lactones) is 1. The van der Waals surface area contributed by atoms with Gasteiger partial charge in [0.1, 0.15) is 11.9 Å². The molecule has 0 radical (unpaired) electrons. The first-order valence-electron chi connectivity index (χ1n) is 13.2. The first-order valence-corrected chi connectivity index (χ1v) is 13.2. The fourth-order valence-electron chi connectivity index (χ4n) is 4.59. The van der Waals surface area contributed by atoms with Crippen molar-refractivity contribution >= 4 is 29.3 Å². The lowest BCUT2D eigenvalue weighted by molar-refractivity contribution is -0.131. The van der Waals surface area contributed by atoms with Crippen LogP contribution in [-0.4, -0.2) is 68.2 Å². The van der Waals surface area contributed by atoms with Gasteiger partial charge in [-0.25, -0.2) is 9.18 Å². The molecule has 2 saturated heterocycles. The van der Waals surface area contributed by atoms with Gasteiger partial charge in [0.25, 0.3) is 0 Å². The third-order valence-corrected chi connectivity index (χ3v) is 6.78. The predicted molar refractivity (Wildman–Crippen MR) is 147 cm³/mol. The largest absolute Gasteiger partial charge is 0.442 e. The summed E-state index contributed by atoms with van der Waals surface area (Å²) < 4.78 is 20.3. The Kier molecular flexibility index (Phi) is 9.39. The number of nitrogens with one attached hydrogen (secondary N) is 1. The van der Waals surface area contributed by atoms with Crippen molar-refractivity contribution in [2.75, 3.05) is 49.1 Å². The van der Waals surface area contributed by atoms with E-state index in [0.29, 0.717) is 63.4 Å². The van der Waals surface area contributed by atoms with Crippen LogP contribution in [0.15, 0.2) is 42.5 Å². The Hall–Kier alpha value is -4.10. The minimum absolute atomic E-state index is 0.0842. The molecule has 0 spiro atoms. The molecule has 4 rings (SSSR count). The van der Waals surface area contributed by atoms with Gasteiger partial charge in [0.2, 0.25) is 11.8 Å². The highest BCUT2D eigenvalue weighted by Crippen LogP contribution is 2.28. The molecule has 3 amide bonds. The average Bonchev–Trinajstić information content (AvgIpc) is 3.32. The Morgan fingerprint density at radius 3 is 2.54 bits per heavy atom. The van der Waals surface area contributed by atoms with Crippen molar-refractivity contribution in [3.63, 3.8) is 0 Å². The zero-order valence-corrected chi connectivity index (χ0v) is 22.1. The molecule has 2 aliphatic rings. The number of halogens is 1. The molecular weight excluding hydrogens is 501 g/mol. The average molecular weight is 536 g/mol. The highest BCUT2D eigenvalue weighted by molar-refractivity contribution is 5.90. The highest BCUT2D eigenvalue weighted by Gasteiger charge is 2.33. The normalized spacial score (nSPS) is 16.9. The number of rotatable bonds is 8. The van der Waals surface area contributed by atoms with Crippen LogP contribution in [0.4, 0.5) is 20.6 Å². The molecule has 2 aliphatic heterocycles. The summed E-state index contributed by atoms with van der Waals surface area (Å²) in [5.41, 5.74) is 8.43. The monoisotopic (exact) mass is 535 g/mol. The van der Waals surface area contributed by atoms with Crippen LogP contribution in [-0.2, 0) is 20.9 Å². The quantitative estimate of drug-likeness (QED) is 0.398. The van der Waals surface area contributed by atoms with E-state index in [2.05, 4.69) is 17.2 Å². The number of carbonyl (C=O) groups excluding carboxylic acids is 3. The topological polar surface area (TPSA) is 108 Å². The summed E-state index contributed by atoms with van der Waals surface area (Å²) in [4.78, 5) is 41.1. The Balaban J connectivity index is 1.22. The zero-order chi connectivity index (χ0) is 27.8. The molecule has 2 aromatic rings. The number of anilines is 2. The second-order valence-corrected chi connectivity index (χ2v) is 9.61. The molecule has 206 valence electrons. The Bertz CT molecular complexity index is 1250. The van der Waals surface area contributed by atoms with E-state index in [4.69, 9.17) is 10.5 Å². The van der Waals surface area contributed by atoms with E-state index in [1.54, 1.807) is 12.1 Å². The number of nitrogens with two attached hydrogens (primary N) is 1. The molecule has 1 unspecified atom stereocenters. The van der Waals surface area contributed by atoms with Gasteiger partial charge in [-0.1, -0.05) is 24.0 Å². The van der Waals surface area contributed by atoms with Gasteiger partial charge in [0, 0.05) is 58.1 Å². The van der Waals surface area contributed by atoms with Crippen LogP contribution in [0.3, 0.4) is 0 Å². The Labute approximate surface area is 228 Å². The van der Waals surface area contributed by atoms with Crippen molar-refractivity contribution in [3.05, 3.63) is 59.4 Å². The number of nitrogens with zero attached hydrogens (tertiary/aromatic N) is 3. The third-order valence-electron chi connectivity index (χ3n) is 6.78. The van der Waals surface area contributed by atoms with Gasteiger partial charge >= 0.3 is 6.09 Å². The summed E-state index contributed by atoms with van der Waals surface area (Å²) in [5, 5.41) is 2.62. The minimum atomic E-state index is -0.572. The van der Waals surface area contributed by atoms with Gasteiger partial charge in [-0.3, -0.25) is 14.5 Å². The molecule has 2 aromatic carbocycles. The van der Waals surface area contributed by atoms with Crippen LogP contribution in [0.25, 0.3) is 0 Å². The van der Waals surface area contributed by atoms with Gasteiger partial charge in [-0.15, -0.1) is 0 Å². The van der Waals surface area contributed by atoms with Gasteiger partial charge < -0.3 is 25.6 Å². The zero-order valence-electron chi connectivity index (χ0n) is 22.1. The molecule has 10 heteroatoms. The summed E-state index contributed by atoms with van der Waals surface area (Å²) in [5.74, 6) is 5.66.